The Labute approximate surface area is 168 Å². The quantitative estimate of drug-likeness (QED) is 0.672. The molecule has 0 atom stereocenters. The molecule has 7 nitrogen and oxygen atoms in total. The van der Waals surface area contributed by atoms with Crippen LogP contribution in [-0.4, -0.2) is 63.9 Å². The van der Waals surface area contributed by atoms with Gasteiger partial charge in [-0.05, 0) is 37.0 Å². The molecule has 0 saturated carbocycles. The predicted molar refractivity (Wildman–Crippen MR) is 100 cm³/mol. The van der Waals surface area contributed by atoms with Crippen LogP contribution in [-0.2, 0) is 21.2 Å². The Morgan fingerprint density at radius 2 is 1.90 bits per heavy atom. The van der Waals surface area contributed by atoms with E-state index >= 15 is 0 Å². The first-order valence-electron chi connectivity index (χ1n) is 9.09. The number of sulfonamides is 1. The van der Waals surface area contributed by atoms with Crippen LogP contribution < -0.4 is 14.8 Å². The maximum atomic E-state index is 12.3. The lowest BCUT2D eigenvalue weighted by molar-refractivity contribution is -0.153. The summed E-state index contributed by atoms with van der Waals surface area (Å²) in [4.78, 5) is 12.2. The van der Waals surface area contributed by atoms with Crippen LogP contribution in [0.2, 0.25) is 0 Å². The van der Waals surface area contributed by atoms with Crippen molar-refractivity contribution in [2.45, 2.75) is 37.9 Å². The molecule has 1 N–H and O–H groups in total. The first-order chi connectivity index (χ1) is 13.5. The molecular weight excluding hydrogens is 413 g/mol. The van der Waals surface area contributed by atoms with Gasteiger partial charge in [0.25, 0.3) is 0 Å². The number of piperidine rings is 1. The number of carbonyl (C=O) groups excluding carboxylic acids is 1. The van der Waals surface area contributed by atoms with Crippen molar-refractivity contribution in [3.8, 4) is 11.5 Å². The van der Waals surface area contributed by atoms with E-state index in [9.17, 15) is 26.4 Å². The summed E-state index contributed by atoms with van der Waals surface area (Å²) in [6.07, 6.45) is -1.60. The van der Waals surface area contributed by atoms with Crippen LogP contribution in [0.15, 0.2) is 18.2 Å². The van der Waals surface area contributed by atoms with Gasteiger partial charge in [-0.2, -0.15) is 13.2 Å². The fourth-order valence-corrected chi connectivity index (χ4v) is 3.91. The van der Waals surface area contributed by atoms with Crippen LogP contribution >= 0.6 is 0 Å². The number of alkyl halides is 3. The highest BCUT2D eigenvalue weighted by Crippen LogP contribution is 2.30. The molecule has 11 heteroatoms. The summed E-state index contributed by atoms with van der Waals surface area (Å²) < 4.78 is 71.1. The summed E-state index contributed by atoms with van der Waals surface area (Å²) in [7, 11) is -1.88. The molecule has 2 rings (SSSR count). The molecule has 29 heavy (non-hydrogen) atoms. The van der Waals surface area contributed by atoms with Gasteiger partial charge in [0, 0.05) is 25.6 Å². The molecule has 1 saturated heterocycles. The minimum absolute atomic E-state index is 0.0179. The zero-order valence-electron chi connectivity index (χ0n) is 16.3. The monoisotopic (exact) mass is 438 g/mol. The van der Waals surface area contributed by atoms with E-state index in [-0.39, 0.29) is 29.9 Å². The second-order valence-electron chi connectivity index (χ2n) is 6.89. The molecule has 1 fully saturated rings. The molecule has 1 aromatic carbocycles. The maximum Gasteiger partial charge on any atom is 0.422 e. The number of nitrogens with one attached hydrogen (secondary N) is 1. The summed E-state index contributed by atoms with van der Waals surface area (Å²) in [5.41, 5.74) is 0.725. The van der Waals surface area contributed by atoms with Crippen LogP contribution in [0.4, 0.5) is 13.2 Å². The van der Waals surface area contributed by atoms with Crippen molar-refractivity contribution in [1.82, 2.24) is 9.62 Å². The van der Waals surface area contributed by atoms with E-state index in [1.165, 1.54) is 23.7 Å². The largest absolute Gasteiger partial charge is 0.493 e. The van der Waals surface area contributed by atoms with Gasteiger partial charge in [-0.25, -0.2) is 12.7 Å². The van der Waals surface area contributed by atoms with E-state index in [0.717, 1.165) is 5.56 Å². The molecule has 1 heterocycles. The standard InChI is InChI=1S/C18H25F3N2O5S/c1-27-16-11-13(3-5-15(16)28-12-18(19,20)21)4-6-17(24)22-14-7-9-23(10-8-14)29(2,25)26/h3,5,11,14H,4,6-10,12H2,1-2H3,(H,22,24). The smallest absolute Gasteiger partial charge is 0.422 e. The van der Waals surface area contributed by atoms with Gasteiger partial charge in [-0.15, -0.1) is 0 Å². The van der Waals surface area contributed by atoms with Crippen molar-refractivity contribution in [1.29, 1.82) is 0 Å². The minimum atomic E-state index is -4.45. The molecule has 0 spiro atoms. The number of hydrogen-bond donors (Lipinski definition) is 1. The van der Waals surface area contributed by atoms with Crippen LogP contribution in [0.1, 0.15) is 24.8 Å². The Morgan fingerprint density at radius 3 is 2.45 bits per heavy atom. The Kier molecular flexibility index (Phi) is 7.75. The minimum Gasteiger partial charge on any atom is -0.493 e. The van der Waals surface area contributed by atoms with Gasteiger partial charge in [0.2, 0.25) is 15.9 Å². The molecule has 1 aromatic rings. The number of benzene rings is 1. The predicted octanol–water partition coefficient (Wildman–Crippen LogP) is 2.11. The zero-order chi connectivity index (χ0) is 21.7. The lowest BCUT2D eigenvalue weighted by Gasteiger charge is -2.30. The third kappa shape index (κ3) is 7.73. The molecule has 1 amide bonds. The number of rotatable bonds is 8. The van der Waals surface area contributed by atoms with E-state index in [0.29, 0.717) is 32.4 Å². The van der Waals surface area contributed by atoms with E-state index in [4.69, 9.17) is 9.47 Å². The van der Waals surface area contributed by atoms with Crippen molar-refractivity contribution >= 4 is 15.9 Å². The van der Waals surface area contributed by atoms with E-state index in [1.807, 2.05) is 0 Å². The number of amides is 1. The molecule has 1 aliphatic rings. The van der Waals surface area contributed by atoms with Crippen LogP contribution in [0.5, 0.6) is 11.5 Å². The van der Waals surface area contributed by atoms with Gasteiger partial charge in [0.05, 0.1) is 13.4 Å². The highest BCUT2D eigenvalue weighted by molar-refractivity contribution is 7.88. The summed E-state index contributed by atoms with van der Waals surface area (Å²) in [5, 5.41) is 2.90. The molecule has 0 aromatic heterocycles. The number of methoxy groups -OCH3 is 1. The Bertz CT molecular complexity index is 806. The van der Waals surface area contributed by atoms with Crippen molar-refractivity contribution in [2.75, 3.05) is 33.1 Å². The highest BCUT2D eigenvalue weighted by atomic mass is 32.2. The molecular formula is C18H25F3N2O5S. The number of carbonyl (C=O) groups is 1. The summed E-state index contributed by atoms with van der Waals surface area (Å²) >= 11 is 0. The molecule has 0 aliphatic carbocycles. The average molecular weight is 438 g/mol. The van der Waals surface area contributed by atoms with Gasteiger partial charge in [0.15, 0.2) is 18.1 Å². The summed E-state index contributed by atoms with van der Waals surface area (Å²) in [6, 6.07) is 4.45. The van der Waals surface area contributed by atoms with Crippen molar-refractivity contribution in [2.24, 2.45) is 0 Å². The second kappa shape index (κ2) is 9.66. The molecule has 1 aliphatic heterocycles. The van der Waals surface area contributed by atoms with E-state index < -0.39 is 22.8 Å². The first-order valence-corrected chi connectivity index (χ1v) is 10.9. The van der Waals surface area contributed by atoms with Crippen molar-refractivity contribution < 1.29 is 35.9 Å². The third-order valence-electron chi connectivity index (χ3n) is 4.55. The van der Waals surface area contributed by atoms with Crippen molar-refractivity contribution in [3.63, 3.8) is 0 Å². The summed E-state index contributed by atoms with van der Waals surface area (Å²) in [6.45, 7) is -0.663. The number of ether oxygens (including phenoxy) is 2. The third-order valence-corrected chi connectivity index (χ3v) is 5.85. The maximum absolute atomic E-state index is 12.3. The Morgan fingerprint density at radius 1 is 1.24 bits per heavy atom. The van der Waals surface area contributed by atoms with Crippen molar-refractivity contribution in [3.05, 3.63) is 23.8 Å². The van der Waals surface area contributed by atoms with Gasteiger partial charge in [0.1, 0.15) is 0 Å². The zero-order valence-corrected chi connectivity index (χ0v) is 17.1. The summed E-state index contributed by atoms with van der Waals surface area (Å²) in [5.74, 6) is -0.0184. The molecule has 0 unspecified atom stereocenters. The first kappa shape index (κ1) is 23.3. The van der Waals surface area contributed by atoms with Crippen LogP contribution in [0.25, 0.3) is 0 Å². The van der Waals surface area contributed by atoms with Gasteiger partial charge >= 0.3 is 6.18 Å². The fraction of sp³-hybridized carbons (Fsp3) is 0.611. The fourth-order valence-electron chi connectivity index (χ4n) is 3.04. The highest BCUT2D eigenvalue weighted by Gasteiger charge is 2.29. The number of hydrogen-bond acceptors (Lipinski definition) is 5. The molecule has 164 valence electrons. The Balaban J connectivity index is 1.82. The molecule has 0 radical (unpaired) electrons. The second-order valence-corrected chi connectivity index (χ2v) is 8.88. The van der Waals surface area contributed by atoms with Gasteiger partial charge in [-0.1, -0.05) is 6.07 Å². The molecule has 0 bridgehead atoms. The Hall–Kier alpha value is -2.01. The topological polar surface area (TPSA) is 84.9 Å². The lowest BCUT2D eigenvalue weighted by Crippen LogP contribution is -2.46. The van der Waals surface area contributed by atoms with Crippen LogP contribution in [0.3, 0.4) is 0 Å². The van der Waals surface area contributed by atoms with Gasteiger partial charge < -0.3 is 14.8 Å². The van der Waals surface area contributed by atoms with E-state index in [1.54, 1.807) is 12.1 Å². The number of nitrogens with zero attached hydrogens (tertiary/aromatic N) is 1. The average Bonchev–Trinajstić information content (AvgIpc) is 2.64. The van der Waals surface area contributed by atoms with Gasteiger partial charge in [-0.3, -0.25) is 4.79 Å². The van der Waals surface area contributed by atoms with E-state index in [2.05, 4.69) is 5.32 Å². The van der Waals surface area contributed by atoms with Crippen LogP contribution in [0, 0.1) is 0 Å². The lowest BCUT2D eigenvalue weighted by atomic mass is 10.1. The number of aryl methyl sites for hydroxylation is 1. The normalized spacial score (nSPS) is 16.4. The SMILES string of the molecule is COc1cc(CCC(=O)NC2CCN(S(C)(=O)=O)CC2)ccc1OCC(F)(F)F. The number of halogens is 3.